The van der Waals surface area contributed by atoms with Gasteiger partial charge in [-0.15, -0.1) is 0 Å². The molecule has 0 spiro atoms. The number of halogens is 2. The van der Waals surface area contributed by atoms with Crippen molar-refractivity contribution in [3.63, 3.8) is 0 Å². The van der Waals surface area contributed by atoms with Crippen molar-refractivity contribution in [1.29, 1.82) is 5.26 Å². The second kappa shape index (κ2) is 11.5. The number of hydrogen-bond acceptors (Lipinski definition) is 6. The summed E-state index contributed by atoms with van der Waals surface area (Å²) in [6, 6.07) is 16.1. The summed E-state index contributed by atoms with van der Waals surface area (Å²) >= 11 is 0. The normalized spacial score (nSPS) is 14.0. The van der Waals surface area contributed by atoms with Crippen LogP contribution < -0.4 is 16.8 Å². The summed E-state index contributed by atoms with van der Waals surface area (Å²) in [5.74, 6) is -2.87. The number of oxazole rings is 1. The molecule has 0 saturated carbocycles. The Morgan fingerprint density at radius 2 is 1.84 bits per heavy atom. The number of carbonyl (C=O) groups is 2. The van der Waals surface area contributed by atoms with Crippen molar-refractivity contribution in [2.75, 3.05) is 0 Å². The van der Waals surface area contributed by atoms with Crippen molar-refractivity contribution < 1.29 is 22.8 Å². The molecule has 0 saturated heterocycles. The number of nitrogens with two attached hydrogens (primary N) is 1. The first kappa shape index (κ1) is 29.4. The molecule has 5 aromatic rings. The molecule has 226 valence electrons. The number of nitrogens with zero attached hydrogens (tertiary/aromatic N) is 3. The molecule has 0 radical (unpaired) electrons. The van der Waals surface area contributed by atoms with Gasteiger partial charge in [-0.3, -0.25) is 19.1 Å². The van der Waals surface area contributed by atoms with Crippen molar-refractivity contribution in [2.45, 2.75) is 39.3 Å². The number of rotatable bonds is 8. The summed E-state index contributed by atoms with van der Waals surface area (Å²) in [6.07, 6.45) is 0.741. The number of nitrogens with one attached hydrogen (secondary N) is 1. The number of primary amides is 1. The highest BCUT2D eigenvalue weighted by Crippen LogP contribution is 2.39. The molecule has 0 fully saturated rings. The Balaban J connectivity index is 1.50. The molecule has 1 unspecified atom stereocenters. The van der Waals surface area contributed by atoms with E-state index in [4.69, 9.17) is 20.4 Å². The van der Waals surface area contributed by atoms with Crippen LogP contribution in [0.2, 0.25) is 0 Å². The van der Waals surface area contributed by atoms with Gasteiger partial charge in [0.2, 0.25) is 0 Å². The largest absolute Gasteiger partial charge is 0.420 e. The lowest BCUT2D eigenvalue weighted by Crippen LogP contribution is -2.21. The van der Waals surface area contributed by atoms with Crippen LogP contribution in [0.5, 0.6) is 0 Å². The molecule has 0 aliphatic carbocycles. The van der Waals surface area contributed by atoms with Crippen LogP contribution >= 0.6 is 0 Å². The molecule has 11 heteroatoms. The molecule has 1 aliphatic rings. The Kier molecular flexibility index (Phi) is 7.50. The van der Waals surface area contributed by atoms with Gasteiger partial charge < -0.3 is 15.5 Å². The van der Waals surface area contributed by atoms with Crippen LogP contribution in [-0.2, 0) is 19.4 Å². The van der Waals surface area contributed by atoms with E-state index >= 15 is 0 Å². The summed E-state index contributed by atoms with van der Waals surface area (Å²) < 4.78 is 35.0. The fourth-order valence-electron chi connectivity index (χ4n) is 5.81. The molecular weight excluding hydrogens is 580 g/mol. The highest BCUT2D eigenvalue weighted by molar-refractivity contribution is 6.12. The van der Waals surface area contributed by atoms with Gasteiger partial charge in [-0.05, 0) is 66.3 Å². The van der Waals surface area contributed by atoms with E-state index < -0.39 is 29.4 Å². The molecule has 3 aromatic carbocycles. The van der Waals surface area contributed by atoms with E-state index in [1.54, 1.807) is 30.3 Å². The molecule has 0 bridgehead atoms. The maximum Gasteiger partial charge on any atom is 0.420 e. The lowest BCUT2D eigenvalue weighted by atomic mass is 9.88. The van der Waals surface area contributed by atoms with Gasteiger partial charge in [0.15, 0.2) is 5.58 Å². The third kappa shape index (κ3) is 5.47. The van der Waals surface area contributed by atoms with Crippen molar-refractivity contribution in [3.05, 3.63) is 122 Å². The smallest absolute Gasteiger partial charge is 0.408 e. The molecule has 2 amide bonds. The summed E-state index contributed by atoms with van der Waals surface area (Å²) in [5, 5.41) is 12.0. The first-order chi connectivity index (χ1) is 21.5. The van der Waals surface area contributed by atoms with Gasteiger partial charge in [0, 0.05) is 11.1 Å². The molecule has 1 aliphatic heterocycles. The standard InChI is InChI=1S/C34H27F2N5O4/c1-17(2)11-24-29(32(38)42)28(30-31(39-24)25(40-33(30)43)13-18-4-8-22(35)9-5-18)20-7-10-26-27(14-20)45-34(44)41(26)16-21-6-3-19(15-37)12-23(21)36/h3-10,12,14,17,25H,11,13,16H2,1-2H3,(H2,38,42)(H,40,43). The minimum absolute atomic E-state index is 0.0965. The van der Waals surface area contributed by atoms with Gasteiger partial charge in [-0.1, -0.05) is 38.1 Å². The van der Waals surface area contributed by atoms with Crippen molar-refractivity contribution in [1.82, 2.24) is 14.9 Å². The van der Waals surface area contributed by atoms with Crippen LogP contribution in [0.4, 0.5) is 8.78 Å². The van der Waals surface area contributed by atoms with Gasteiger partial charge in [0.05, 0.1) is 52.3 Å². The van der Waals surface area contributed by atoms with E-state index in [1.165, 1.54) is 28.8 Å². The first-order valence-electron chi connectivity index (χ1n) is 14.3. The zero-order valence-electron chi connectivity index (χ0n) is 24.4. The Morgan fingerprint density at radius 1 is 1.09 bits per heavy atom. The fraction of sp³-hybridized carbons (Fsp3) is 0.206. The monoisotopic (exact) mass is 607 g/mol. The third-order valence-electron chi connectivity index (χ3n) is 7.83. The zero-order chi connectivity index (χ0) is 32.0. The van der Waals surface area contributed by atoms with Crippen LogP contribution in [0, 0.1) is 28.9 Å². The van der Waals surface area contributed by atoms with Gasteiger partial charge >= 0.3 is 5.76 Å². The number of amides is 2. The van der Waals surface area contributed by atoms with Crippen molar-refractivity contribution >= 4 is 22.9 Å². The van der Waals surface area contributed by atoms with Crippen LogP contribution in [0.25, 0.3) is 22.2 Å². The highest BCUT2D eigenvalue weighted by Gasteiger charge is 2.37. The molecule has 3 heterocycles. The Bertz CT molecular complexity index is 2110. The predicted octanol–water partition coefficient (Wildman–Crippen LogP) is 5.18. The average molecular weight is 608 g/mol. The van der Waals surface area contributed by atoms with Crippen molar-refractivity contribution in [3.8, 4) is 17.2 Å². The first-order valence-corrected chi connectivity index (χ1v) is 14.3. The van der Waals surface area contributed by atoms with E-state index in [2.05, 4.69) is 5.32 Å². The van der Waals surface area contributed by atoms with E-state index in [1.807, 2.05) is 19.9 Å². The van der Waals surface area contributed by atoms with Gasteiger partial charge in [-0.25, -0.2) is 13.6 Å². The lowest BCUT2D eigenvalue weighted by Gasteiger charge is -2.18. The lowest BCUT2D eigenvalue weighted by molar-refractivity contribution is 0.0956. The predicted molar refractivity (Wildman–Crippen MR) is 161 cm³/mol. The molecule has 6 rings (SSSR count). The molecule has 2 aromatic heterocycles. The minimum atomic E-state index is -0.763. The maximum absolute atomic E-state index is 14.6. The van der Waals surface area contributed by atoms with Crippen LogP contribution in [0.1, 0.15) is 68.7 Å². The molecule has 3 N–H and O–H groups in total. The zero-order valence-corrected chi connectivity index (χ0v) is 24.4. The number of pyridine rings is 1. The summed E-state index contributed by atoms with van der Waals surface area (Å²) in [6.45, 7) is 3.80. The quantitative estimate of drug-likeness (QED) is 0.249. The van der Waals surface area contributed by atoms with Crippen LogP contribution in [-0.4, -0.2) is 21.4 Å². The number of carbonyl (C=O) groups excluding carboxylic acids is 2. The second-order valence-corrected chi connectivity index (χ2v) is 11.4. The van der Waals surface area contributed by atoms with E-state index in [9.17, 15) is 23.2 Å². The van der Waals surface area contributed by atoms with E-state index in [0.717, 1.165) is 11.6 Å². The number of benzene rings is 3. The van der Waals surface area contributed by atoms with Crippen molar-refractivity contribution in [2.24, 2.45) is 11.7 Å². The fourth-order valence-corrected chi connectivity index (χ4v) is 5.81. The Morgan fingerprint density at radius 3 is 2.51 bits per heavy atom. The number of aromatic nitrogens is 2. The number of nitriles is 1. The number of fused-ring (bicyclic) bond motifs is 2. The van der Waals surface area contributed by atoms with Crippen LogP contribution in [0.15, 0.2) is 69.9 Å². The number of hydrogen-bond donors (Lipinski definition) is 2. The minimum Gasteiger partial charge on any atom is -0.408 e. The van der Waals surface area contributed by atoms with Gasteiger partial charge in [0.25, 0.3) is 11.8 Å². The molecule has 45 heavy (non-hydrogen) atoms. The second-order valence-electron chi connectivity index (χ2n) is 11.4. The van der Waals surface area contributed by atoms with E-state index in [0.29, 0.717) is 35.3 Å². The molecule has 1 atom stereocenters. The summed E-state index contributed by atoms with van der Waals surface area (Å²) in [4.78, 5) is 44.2. The highest BCUT2D eigenvalue weighted by atomic mass is 19.1. The summed E-state index contributed by atoms with van der Waals surface area (Å²) in [5.41, 5.74) is 9.40. The third-order valence-corrected chi connectivity index (χ3v) is 7.83. The molecular formula is C34H27F2N5O4. The Labute approximate surface area is 255 Å². The topological polar surface area (TPSA) is 144 Å². The van der Waals surface area contributed by atoms with Crippen LogP contribution in [0.3, 0.4) is 0 Å². The SMILES string of the molecule is CC(C)Cc1nc2c(c(-c3ccc4c(c3)oc(=O)n4Cc3ccc(C#N)cc3F)c1C(N)=O)C(=O)NC2Cc1ccc(F)cc1. The Hall–Kier alpha value is -5.63. The average Bonchev–Trinajstić information content (AvgIpc) is 3.47. The maximum atomic E-state index is 14.6. The molecule has 9 nitrogen and oxygen atoms in total. The van der Waals surface area contributed by atoms with Gasteiger partial charge in [0.1, 0.15) is 11.6 Å². The van der Waals surface area contributed by atoms with Gasteiger partial charge in [-0.2, -0.15) is 5.26 Å². The summed E-state index contributed by atoms with van der Waals surface area (Å²) in [7, 11) is 0. The van der Waals surface area contributed by atoms with E-state index in [-0.39, 0.29) is 51.7 Å².